The molecule has 1 fully saturated rings. The third-order valence-electron chi connectivity index (χ3n) is 11.0. The molecule has 2 aromatic carbocycles. The van der Waals surface area contributed by atoms with E-state index in [4.69, 9.17) is 27.8 Å². The molecule has 0 saturated carbocycles. The quantitative estimate of drug-likeness (QED) is 0.102. The van der Waals surface area contributed by atoms with E-state index >= 15 is 0 Å². The van der Waals surface area contributed by atoms with E-state index in [0.717, 1.165) is 10.1 Å². The Morgan fingerprint density at radius 2 is 1.36 bits per heavy atom. The van der Waals surface area contributed by atoms with Crippen molar-refractivity contribution in [1.82, 2.24) is 14.5 Å². The van der Waals surface area contributed by atoms with Gasteiger partial charge in [-0.3, -0.25) is 19.2 Å². The predicted molar refractivity (Wildman–Crippen MR) is 229 cm³/mol. The molecule has 58 heavy (non-hydrogen) atoms. The molecule has 0 unspecified atom stereocenters. The monoisotopic (exact) mass is 837 g/mol. The van der Waals surface area contributed by atoms with E-state index in [9.17, 15) is 19.2 Å². The Morgan fingerprint density at radius 1 is 0.793 bits per heavy atom. The molecular formula is C43H63N3O10Si2. The molecule has 318 valence electrons. The number of carbonyl (C=O) groups excluding carboxylic acids is 2. The smallest absolute Gasteiger partial charge is 0.412 e. The highest BCUT2D eigenvalue weighted by molar-refractivity contribution is 6.74. The average Bonchev–Trinajstić information content (AvgIpc) is 3.42. The Hall–Kier alpha value is -4.29. The lowest BCUT2D eigenvalue weighted by Gasteiger charge is -2.44. The van der Waals surface area contributed by atoms with Crippen LogP contribution in [0.4, 0.5) is 4.79 Å². The lowest BCUT2D eigenvalue weighted by atomic mass is 10.1. The molecule has 1 aliphatic heterocycles. The van der Waals surface area contributed by atoms with Gasteiger partial charge < -0.3 is 27.8 Å². The van der Waals surface area contributed by atoms with Gasteiger partial charge in [0.2, 0.25) is 0 Å². The molecule has 4 rings (SSSR count). The van der Waals surface area contributed by atoms with Crippen LogP contribution < -0.4 is 21.3 Å². The van der Waals surface area contributed by atoms with E-state index in [2.05, 4.69) is 73.0 Å². The molecule has 0 aliphatic carbocycles. The van der Waals surface area contributed by atoms with Crippen LogP contribution in [0.1, 0.15) is 79.7 Å². The zero-order valence-electron chi connectivity index (χ0n) is 36.6. The van der Waals surface area contributed by atoms with Gasteiger partial charge in [0, 0.05) is 12.3 Å². The number of benzene rings is 2. The van der Waals surface area contributed by atoms with Crippen LogP contribution in [0.2, 0.25) is 36.3 Å². The third kappa shape index (κ3) is 11.7. The van der Waals surface area contributed by atoms with Crippen molar-refractivity contribution in [3.63, 3.8) is 0 Å². The summed E-state index contributed by atoms with van der Waals surface area (Å²) in [4.78, 5) is 55.0. The summed E-state index contributed by atoms with van der Waals surface area (Å²) in [6.45, 7) is 26.2. The molecule has 15 heteroatoms. The van der Waals surface area contributed by atoms with Crippen molar-refractivity contribution in [3.05, 3.63) is 111 Å². The van der Waals surface area contributed by atoms with Crippen LogP contribution in [0.25, 0.3) is 0 Å². The molecule has 4 atom stereocenters. The summed E-state index contributed by atoms with van der Waals surface area (Å²) in [5.41, 5.74) is -0.789. The fourth-order valence-corrected chi connectivity index (χ4v) is 8.21. The second kappa shape index (κ2) is 17.9. The van der Waals surface area contributed by atoms with Crippen molar-refractivity contribution in [3.8, 4) is 5.75 Å². The molecule has 3 aromatic rings. The van der Waals surface area contributed by atoms with Gasteiger partial charge in [0.05, 0.1) is 13.7 Å². The van der Waals surface area contributed by atoms with Gasteiger partial charge in [-0.05, 0) is 86.4 Å². The SMILES string of the molecule is COc1ccc(Cn2c(=O)ccn([C@@H]3O[C@H](/C=C(/NC(=O)OCc4ccccc4)C(=O)OC(C)(C)C)[C@@H](O[Si](C)(C)C(C)(C)C)[C@H]3O[Si](C)(C)C(C)(C)C)c2=O)cc1. The van der Waals surface area contributed by atoms with Crippen molar-refractivity contribution >= 4 is 28.7 Å². The number of methoxy groups -OCH3 is 1. The summed E-state index contributed by atoms with van der Waals surface area (Å²) >= 11 is 0. The number of amides is 1. The lowest BCUT2D eigenvalue weighted by Crippen LogP contribution is -2.54. The minimum absolute atomic E-state index is 0.00594. The molecule has 0 bridgehead atoms. The summed E-state index contributed by atoms with van der Waals surface area (Å²) in [5, 5.41) is 2.07. The first kappa shape index (κ1) is 46.4. The van der Waals surface area contributed by atoms with E-state index in [-0.39, 0.29) is 28.9 Å². The number of aromatic nitrogens is 2. The number of alkyl carbamates (subject to hydrolysis) is 1. The summed E-state index contributed by atoms with van der Waals surface area (Å²) < 4.78 is 40.2. The summed E-state index contributed by atoms with van der Waals surface area (Å²) in [6.07, 6.45) is -1.97. The Kier molecular flexibility index (Phi) is 14.3. The van der Waals surface area contributed by atoms with Crippen LogP contribution in [-0.2, 0) is 41.0 Å². The number of nitrogens with zero attached hydrogens (tertiary/aromatic N) is 2. The van der Waals surface area contributed by atoms with Gasteiger partial charge in [-0.1, -0.05) is 84.0 Å². The molecule has 1 amide bonds. The van der Waals surface area contributed by atoms with Gasteiger partial charge in [-0.15, -0.1) is 0 Å². The number of ether oxygens (including phenoxy) is 4. The van der Waals surface area contributed by atoms with Crippen LogP contribution in [0.3, 0.4) is 0 Å². The molecule has 0 spiro atoms. The third-order valence-corrected chi connectivity index (χ3v) is 19.9. The largest absolute Gasteiger partial charge is 0.497 e. The highest BCUT2D eigenvalue weighted by atomic mass is 28.4. The van der Waals surface area contributed by atoms with Crippen molar-refractivity contribution in [2.75, 3.05) is 7.11 Å². The van der Waals surface area contributed by atoms with E-state index in [1.807, 2.05) is 30.3 Å². The highest BCUT2D eigenvalue weighted by Gasteiger charge is 2.54. The fourth-order valence-electron chi connectivity index (χ4n) is 5.63. The first-order valence-electron chi connectivity index (χ1n) is 19.6. The van der Waals surface area contributed by atoms with Gasteiger partial charge >= 0.3 is 17.8 Å². The van der Waals surface area contributed by atoms with E-state index in [0.29, 0.717) is 11.3 Å². The van der Waals surface area contributed by atoms with Crippen LogP contribution >= 0.6 is 0 Å². The number of carbonyl (C=O) groups is 2. The zero-order chi connectivity index (χ0) is 43.4. The van der Waals surface area contributed by atoms with E-state index in [1.165, 1.54) is 22.9 Å². The number of esters is 1. The Bertz CT molecular complexity index is 2040. The maximum Gasteiger partial charge on any atom is 0.412 e. The molecule has 1 saturated heterocycles. The summed E-state index contributed by atoms with van der Waals surface area (Å²) in [7, 11) is -3.74. The second-order valence-electron chi connectivity index (χ2n) is 18.7. The van der Waals surface area contributed by atoms with Crippen LogP contribution in [0, 0.1) is 0 Å². The number of nitrogens with one attached hydrogen (secondary N) is 1. The standard InChI is InChI=1S/C43H63N3O10Si2/c1-41(2,3)54-38(48)32(44-39(49)52-28-30-18-16-15-17-19-30)26-33-35(55-57(11,12)42(4,5)6)36(56-58(13,14)43(7,8)9)37(53-33)45-25-24-34(47)46(40(45)50)27-29-20-22-31(51-10)23-21-29/h15-26,33,35-37H,27-28H2,1-14H3,(H,44,49)/b32-26+/t33-,35-,36-,37-/m1/s1. The number of hydrogen-bond acceptors (Lipinski definition) is 10. The molecular weight excluding hydrogens is 775 g/mol. The maximum atomic E-state index is 14.5. The highest BCUT2D eigenvalue weighted by Crippen LogP contribution is 2.46. The van der Waals surface area contributed by atoms with Crippen molar-refractivity contribution in [1.29, 1.82) is 0 Å². The molecule has 0 radical (unpaired) electrons. The maximum absolute atomic E-state index is 14.5. The van der Waals surface area contributed by atoms with E-state index < -0.39 is 70.1 Å². The zero-order valence-corrected chi connectivity index (χ0v) is 38.6. The Labute approximate surface area is 344 Å². The van der Waals surface area contributed by atoms with Gasteiger partial charge in [0.25, 0.3) is 5.56 Å². The predicted octanol–water partition coefficient (Wildman–Crippen LogP) is 7.90. The first-order chi connectivity index (χ1) is 26.7. The van der Waals surface area contributed by atoms with Gasteiger partial charge in [0.15, 0.2) is 22.9 Å². The van der Waals surface area contributed by atoms with Gasteiger partial charge in [-0.2, -0.15) is 0 Å². The Balaban J connectivity index is 1.90. The minimum Gasteiger partial charge on any atom is -0.497 e. The molecule has 13 nitrogen and oxygen atoms in total. The number of rotatable bonds is 13. The van der Waals surface area contributed by atoms with Crippen LogP contribution in [0.5, 0.6) is 5.75 Å². The van der Waals surface area contributed by atoms with Crippen LogP contribution in [-0.4, -0.2) is 68.9 Å². The normalized spacial score (nSPS) is 19.4. The minimum atomic E-state index is -2.65. The molecule has 1 aromatic heterocycles. The van der Waals surface area contributed by atoms with Crippen molar-refractivity contribution in [2.24, 2.45) is 0 Å². The topological polar surface area (TPSA) is 146 Å². The van der Waals surface area contributed by atoms with Crippen molar-refractivity contribution < 1.29 is 37.4 Å². The lowest BCUT2D eigenvalue weighted by molar-refractivity contribution is -0.150. The molecule has 1 aliphatic rings. The fraction of sp³-hybridized carbons (Fsp3) is 0.535. The second-order valence-corrected chi connectivity index (χ2v) is 28.2. The summed E-state index contributed by atoms with van der Waals surface area (Å²) in [5.74, 6) is -0.183. The van der Waals surface area contributed by atoms with Gasteiger partial charge in [0.1, 0.15) is 42.0 Å². The molecule has 2 heterocycles. The molecule has 1 N–H and O–H groups in total. The average molecular weight is 838 g/mol. The Morgan fingerprint density at radius 3 is 1.90 bits per heavy atom. The number of hydrogen-bond donors (Lipinski definition) is 1. The van der Waals surface area contributed by atoms with Gasteiger partial charge in [-0.25, -0.2) is 14.4 Å². The van der Waals surface area contributed by atoms with Crippen molar-refractivity contribution in [2.45, 2.75) is 142 Å². The first-order valence-corrected chi connectivity index (χ1v) is 25.4. The summed E-state index contributed by atoms with van der Waals surface area (Å²) in [6, 6.07) is 17.6. The van der Waals surface area contributed by atoms with E-state index in [1.54, 1.807) is 52.1 Å². The van der Waals surface area contributed by atoms with Crippen LogP contribution in [0.15, 0.2) is 88.2 Å².